The Balaban J connectivity index is 1.86. The van der Waals surface area contributed by atoms with Gasteiger partial charge in [-0.3, -0.25) is 4.79 Å². The Morgan fingerprint density at radius 2 is 2.23 bits per heavy atom. The molecule has 3 rings (SSSR count). The highest BCUT2D eigenvalue weighted by molar-refractivity contribution is 6.14. The van der Waals surface area contributed by atoms with Crippen LogP contribution < -0.4 is 9.47 Å². The van der Waals surface area contributed by atoms with E-state index in [9.17, 15) is 9.59 Å². The van der Waals surface area contributed by atoms with Crippen LogP contribution in [0.2, 0.25) is 0 Å². The largest absolute Gasteiger partial charge is 0.482 e. The minimum atomic E-state index is -1.07. The van der Waals surface area contributed by atoms with E-state index in [0.29, 0.717) is 17.1 Å². The number of carboxylic acids is 1. The van der Waals surface area contributed by atoms with Gasteiger partial charge in [0, 0.05) is 31.1 Å². The highest BCUT2D eigenvalue weighted by atomic mass is 16.5. The van der Waals surface area contributed by atoms with Crippen LogP contribution in [-0.2, 0) is 11.8 Å². The van der Waals surface area contributed by atoms with Gasteiger partial charge in [-0.05, 0) is 24.3 Å². The number of allylic oxidation sites excluding steroid dienone is 1. The predicted molar refractivity (Wildman–Crippen MR) is 77.9 cm³/mol. The van der Waals surface area contributed by atoms with E-state index in [4.69, 9.17) is 14.6 Å². The first-order valence-corrected chi connectivity index (χ1v) is 6.59. The molecule has 0 radical (unpaired) electrons. The van der Waals surface area contributed by atoms with Crippen molar-refractivity contribution in [1.29, 1.82) is 0 Å². The fourth-order valence-corrected chi connectivity index (χ4v) is 2.16. The molecule has 1 N–H and O–H groups in total. The van der Waals surface area contributed by atoms with Crippen molar-refractivity contribution < 1.29 is 24.2 Å². The van der Waals surface area contributed by atoms with Gasteiger partial charge in [-0.2, -0.15) is 0 Å². The maximum Gasteiger partial charge on any atom is 0.341 e. The Labute approximate surface area is 126 Å². The van der Waals surface area contributed by atoms with E-state index < -0.39 is 12.6 Å². The quantitative estimate of drug-likeness (QED) is 0.875. The van der Waals surface area contributed by atoms with E-state index in [2.05, 4.69) is 0 Å². The molecule has 1 aliphatic rings. The molecule has 1 aromatic heterocycles. The third kappa shape index (κ3) is 2.58. The summed E-state index contributed by atoms with van der Waals surface area (Å²) in [7, 11) is 1.87. The van der Waals surface area contributed by atoms with Gasteiger partial charge in [0.05, 0.1) is 5.56 Å². The second kappa shape index (κ2) is 5.40. The average Bonchev–Trinajstić information content (AvgIpc) is 3.02. The second-order valence-electron chi connectivity index (χ2n) is 4.82. The highest BCUT2D eigenvalue weighted by Gasteiger charge is 2.28. The van der Waals surface area contributed by atoms with Crippen molar-refractivity contribution in [3.05, 3.63) is 53.5 Å². The van der Waals surface area contributed by atoms with Gasteiger partial charge in [0.15, 0.2) is 12.4 Å². The number of carbonyl (C=O) groups excluding carboxylic acids is 1. The molecule has 0 fully saturated rings. The third-order valence-electron chi connectivity index (χ3n) is 3.27. The fourth-order valence-electron chi connectivity index (χ4n) is 2.16. The lowest BCUT2D eigenvalue weighted by atomic mass is 10.1. The fraction of sp³-hybridized carbons (Fsp3) is 0.125. The maximum absolute atomic E-state index is 12.3. The maximum atomic E-state index is 12.3. The summed E-state index contributed by atoms with van der Waals surface area (Å²) in [5.41, 5.74) is 1.28. The number of benzene rings is 1. The number of hydrogen-bond acceptors (Lipinski definition) is 4. The number of carboxylic acid groups (broad SMARTS) is 1. The standard InChI is InChI=1S/C16H13NO5/c1-17-6-2-3-10(17)7-14-16(20)12-5-4-11(8-13(12)22-14)21-9-15(18)19/h2-8H,9H2,1H3,(H,18,19)/b14-7+. The summed E-state index contributed by atoms with van der Waals surface area (Å²) < 4.78 is 12.5. The van der Waals surface area contributed by atoms with E-state index in [-0.39, 0.29) is 11.5 Å². The number of ketones is 1. The number of fused-ring (bicyclic) bond motifs is 1. The van der Waals surface area contributed by atoms with E-state index >= 15 is 0 Å². The molecule has 0 spiro atoms. The Bertz CT molecular complexity index is 788. The molecular formula is C16H13NO5. The van der Waals surface area contributed by atoms with E-state index in [0.717, 1.165) is 5.69 Å². The van der Waals surface area contributed by atoms with Gasteiger partial charge >= 0.3 is 5.97 Å². The zero-order valence-electron chi connectivity index (χ0n) is 11.8. The van der Waals surface area contributed by atoms with Crippen LogP contribution in [0.25, 0.3) is 6.08 Å². The predicted octanol–water partition coefficient (Wildman–Crippen LogP) is 2.10. The lowest BCUT2D eigenvalue weighted by Gasteiger charge is -2.04. The summed E-state index contributed by atoms with van der Waals surface area (Å²) in [4.78, 5) is 22.8. The van der Waals surface area contributed by atoms with Crippen molar-refractivity contribution in [3.63, 3.8) is 0 Å². The molecule has 112 valence electrons. The second-order valence-corrected chi connectivity index (χ2v) is 4.82. The van der Waals surface area contributed by atoms with Crippen LogP contribution in [0.5, 0.6) is 11.5 Å². The van der Waals surface area contributed by atoms with Crippen molar-refractivity contribution in [1.82, 2.24) is 4.57 Å². The van der Waals surface area contributed by atoms with Crippen molar-refractivity contribution >= 4 is 17.8 Å². The number of aliphatic carboxylic acids is 1. The van der Waals surface area contributed by atoms with Gasteiger partial charge in [-0.25, -0.2) is 4.79 Å². The SMILES string of the molecule is Cn1cccc1/C=C1/Oc2cc(OCC(=O)O)ccc2C1=O. The number of ether oxygens (including phenoxy) is 2. The van der Waals surface area contributed by atoms with Gasteiger partial charge < -0.3 is 19.1 Å². The number of aryl methyl sites for hydroxylation is 1. The summed E-state index contributed by atoms with van der Waals surface area (Å²) in [6.45, 7) is -0.446. The highest BCUT2D eigenvalue weighted by Crippen LogP contribution is 2.34. The normalized spacial score (nSPS) is 14.8. The average molecular weight is 299 g/mol. The molecule has 1 aliphatic heterocycles. The van der Waals surface area contributed by atoms with Crippen molar-refractivity contribution in [2.75, 3.05) is 6.61 Å². The zero-order chi connectivity index (χ0) is 15.7. The lowest BCUT2D eigenvalue weighted by Crippen LogP contribution is -2.09. The van der Waals surface area contributed by atoms with Gasteiger partial charge in [0.1, 0.15) is 11.5 Å². The third-order valence-corrected chi connectivity index (χ3v) is 3.27. The number of nitrogens with zero attached hydrogens (tertiary/aromatic N) is 1. The van der Waals surface area contributed by atoms with E-state index in [1.165, 1.54) is 6.07 Å². The number of hydrogen-bond donors (Lipinski definition) is 1. The molecule has 6 nitrogen and oxygen atoms in total. The monoisotopic (exact) mass is 299 g/mol. The summed E-state index contributed by atoms with van der Waals surface area (Å²) in [6, 6.07) is 8.38. The molecule has 2 heterocycles. The van der Waals surface area contributed by atoms with Crippen molar-refractivity contribution in [2.24, 2.45) is 7.05 Å². The summed E-state index contributed by atoms with van der Waals surface area (Å²) in [5, 5.41) is 8.60. The molecule has 0 unspecified atom stereocenters. The smallest absolute Gasteiger partial charge is 0.341 e. The van der Waals surface area contributed by atoms with Crippen LogP contribution >= 0.6 is 0 Å². The zero-order valence-corrected chi connectivity index (χ0v) is 11.8. The molecule has 0 atom stereocenters. The van der Waals surface area contributed by atoms with E-state index in [1.54, 1.807) is 18.2 Å². The molecule has 0 saturated carbocycles. The minimum absolute atomic E-state index is 0.207. The number of rotatable bonds is 4. The van der Waals surface area contributed by atoms with Gasteiger partial charge in [-0.1, -0.05) is 0 Å². The van der Waals surface area contributed by atoms with Gasteiger partial charge in [0.2, 0.25) is 5.78 Å². The topological polar surface area (TPSA) is 77.8 Å². The minimum Gasteiger partial charge on any atom is -0.482 e. The molecular weight excluding hydrogens is 286 g/mol. The molecule has 6 heteroatoms. The van der Waals surface area contributed by atoms with Crippen molar-refractivity contribution in [2.45, 2.75) is 0 Å². The number of aromatic nitrogens is 1. The van der Waals surface area contributed by atoms with Crippen LogP contribution in [0, 0.1) is 0 Å². The first-order valence-electron chi connectivity index (χ1n) is 6.59. The first kappa shape index (κ1) is 13.9. The Morgan fingerprint density at radius 1 is 1.41 bits per heavy atom. The van der Waals surface area contributed by atoms with E-state index in [1.807, 2.05) is 29.9 Å². The molecule has 1 aromatic carbocycles. The van der Waals surface area contributed by atoms with Crippen LogP contribution in [-0.4, -0.2) is 28.0 Å². The Hall–Kier alpha value is -3.02. The molecule has 0 amide bonds. The van der Waals surface area contributed by atoms with Crippen LogP contribution in [0.3, 0.4) is 0 Å². The molecule has 22 heavy (non-hydrogen) atoms. The van der Waals surface area contributed by atoms with Crippen LogP contribution in [0.15, 0.2) is 42.3 Å². The Kier molecular flexibility index (Phi) is 3.42. The molecule has 0 aliphatic carbocycles. The van der Waals surface area contributed by atoms with Crippen LogP contribution in [0.4, 0.5) is 0 Å². The summed E-state index contributed by atoms with van der Waals surface area (Å²) >= 11 is 0. The number of carbonyl (C=O) groups is 2. The van der Waals surface area contributed by atoms with Crippen LogP contribution in [0.1, 0.15) is 16.1 Å². The lowest BCUT2D eigenvalue weighted by molar-refractivity contribution is -0.139. The van der Waals surface area contributed by atoms with Gasteiger partial charge in [0.25, 0.3) is 0 Å². The molecule has 2 aromatic rings. The number of Topliss-reactive ketones (excluding diaryl/α,β-unsaturated/α-hetero) is 1. The summed E-state index contributed by atoms with van der Waals surface area (Å²) in [5.74, 6) is -0.336. The first-order chi connectivity index (χ1) is 10.5. The molecule has 0 bridgehead atoms. The summed E-state index contributed by atoms with van der Waals surface area (Å²) in [6.07, 6.45) is 3.54. The van der Waals surface area contributed by atoms with Gasteiger partial charge in [-0.15, -0.1) is 0 Å². The Morgan fingerprint density at radius 3 is 2.91 bits per heavy atom. The molecule has 0 saturated heterocycles. The van der Waals surface area contributed by atoms with Crippen molar-refractivity contribution in [3.8, 4) is 11.5 Å².